The summed E-state index contributed by atoms with van der Waals surface area (Å²) in [5.74, 6) is -1.78. The van der Waals surface area contributed by atoms with Gasteiger partial charge < -0.3 is 44.6 Å². The Morgan fingerprint density at radius 3 is 1.50 bits per heavy atom. The molecule has 0 aromatic rings. The third kappa shape index (κ3) is 32.4. The second-order valence-corrected chi connectivity index (χ2v) is 18.7. The highest BCUT2D eigenvalue weighted by atomic mass is 31.2. The van der Waals surface area contributed by atoms with E-state index in [1.165, 1.54) is 44.6 Å². The van der Waals surface area contributed by atoms with Crippen LogP contribution in [0.2, 0.25) is 0 Å². The van der Waals surface area contributed by atoms with Crippen molar-refractivity contribution in [2.75, 3.05) is 13.2 Å². The summed E-state index contributed by atoms with van der Waals surface area (Å²) in [5, 5.41) is 41.2. The number of rotatable bonds is 38. The van der Waals surface area contributed by atoms with Gasteiger partial charge in [0.05, 0.1) is 6.61 Å². The third-order valence-corrected chi connectivity index (χ3v) is 11.6. The Labute approximate surface area is 402 Å². The average molecular weight is 1000 g/mol. The number of aliphatic hydroxyl groups excluding tert-OH is 4. The first-order valence-electron chi connectivity index (χ1n) is 23.7. The minimum absolute atomic E-state index is 0.00146. The fourth-order valence-corrected chi connectivity index (χ4v) is 7.92. The predicted octanol–water partition coefficient (Wildman–Crippen LogP) is 8.35. The zero-order valence-corrected chi connectivity index (χ0v) is 41.5. The number of ketones is 1. The maximum Gasteiger partial charge on any atom is 0.472 e. The summed E-state index contributed by atoms with van der Waals surface area (Å²) in [4.78, 5) is 66.6. The van der Waals surface area contributed by atoms with Crippen molar-refractivity contribution >= 4 is 33.4 Å². The lowest BCUT2D eigenvalue weighted by Gasteiger charge is -2.43. The lowest BCUT2D eigenvalue weighted by atomic mass is 9.85. The topological polar surface area (TPSA) is 273 Å². The van der Waals surface area contributed by atoms with Crippen molar-refractivity contribution < 1.29 is 81.7 Å². The van der Waals surface area contributed by atoms with E-state index in [4.69, 9.17) is 18.5 Å². The molecule has 0 radical (unpaired) electrons. The summed E-state index contributed by atoms with van der Waals surface area (Å²) >= 11 is 0. The Morgan fingerprint density at radius 1 is 0.515 bits per heavy atom. The Kier molecular flexibility index (Phi) is 35.3. The molecule has 0 aromatic heterocycles. The van der Waals surface area contributed by atoms with E-state index < -0.39 is 83.5 Å². The quantitative estimate of drug-likeness (QED) is 0.00764. The van der Waals surface area contributed by atoms with Gasteiger partial charge in [0.25, 0.3) is 0 Å². The molecule has 1 fully saturated rings. The average Bonchev–Trinajstić information content (AvgIpc) is 3.29. The number of allylic oxidation sites excluding steroid dienone is 16. The summed E-state index contributed by atoms with van der Waals surface area (Å²) in [5.41, 5.74) is 0. The van der Waals surface area contributed by atoms with E-state index in [0.29, 0.717) is 19.3 Å². The summed E-state index contributed by atoms with van der Waals surface area (Å²) in [7, 11) is -10.8. The van der Waals surface area contributed by atoms with Gasteiger partial charge in [0.1, 0.15) is 43.2 Å². The Hall–Kier alpha value is -3.41. The van der Waals surface area contributed by atoms with Crippen LogP contribution in [-0.4, -0.2) is 109 Å². The van der Waals surface area contributed by atoms with E-state index in [-0.39, 0.29) is 31.5 Å². The van der Waals surface area contributed by atoms with Crippen LogP contribution in [0.25, 0.3) is 0 Å². The predicted molar refractivity (Wildman–Crippen MR) is 260 cm³/mol. The minimum Gasteiger partial charge on any atom is -0.462 e. The maximum atomic E-state index is 13.0. The molecule has 0 spiro atoms. The van der Waals surface area contributed by atoms with Crippen molar-refractivity contribution in [1.82, 2.24) is 0 Å². The summed E-state index contributed by atoms with van der Waals surface area (Å²) in [6.07, 6.45) is 30.9. The van der Waals surface area contributed by atoms with Crippen LogP contribution in [0.3, 0.4) is 0 Å². The molecule has 19 heteroatoms. The van der Waals surface area contributed by atoms with E-state index in [1.54, 1.807) is 12.2 Å². The fraction of sp³-hybridized carbons (Fsp3) is 0.612. The molecular weight excluding hydrogens is 922 g/mol. The van der Waals surface area contributed by atoms with Crippen molar-refractivity contribution in [3.63, 3.8) is 0 Å². The first kappa shape index (κ1) is 62.6. The van der Waals surface area contributed by atoms with Gasteiger partial charge in [-0.05, 0) is 83.1 Å². The molecule has 8 atom stereocenters. The van der Waals surface area contributed by atoms with Gasteiger partial charge in [0.15, 0.2) is 11.9 Å². The number of ether oxygens (including phenoxy) is 2. The van der Waals surface area contributed by atoms with E-state index in [2.05, 4.69) is 67.0 Å². The highest BCUT2D eigenvalue weighted by molar-refractivity contribution is 7.47. The van der Waals surface area contributed by atoms with E-state index in [9.17, 15) is 58.6 Å². The number of carbonyl (C=O) groups excluding carboxylic acids is 3. The molecule has 386 valence electrons. The molecule has 17 nitrogen and oxygen atoms in total. The van der Waals surface area contributed by atoms with Gasteiger partial charge >= 0.3 is 27.6 Å². The molecule has 68 heavy (non-hydrogen) atoms. The smallest absolute Gasteiger partial charge is 0.462 e. The van der Waals surface area contributed by atoms with E-state index in [1.807, 2.05) is 30.4 Å². The first-order chi connectivity index (χ1) is 32.5. The number of phosphoric ester groups is 2. The van der Waals surface area contributed by atoms with Gasteiger partial charge in [-0.15, -0.1) is 0 Å². The summed E-state index contributed by atoms with van der Waals surface area (Å²) in [6, 6.07) is 0. The van der Waals surface area contributed by atoms with Gasteiger partial charge in [0.2, 0.25) is 0 Å². The molecule has 0 amide bonds. The second-order valence-electron chi connectivity index (χ2n) is 16.2. The van der Waals surface area contributed by atoms with Crippen molar-refractivity contribution in [3.8, 4) is 0 Å². The van der Waals surface area contributed by atoms with Crippen molar-refractivity contribution in [2.24, 2.45) is 0 Å². The number of carbonyl (C=O) groups is 3. The van der Waals surface area contributed by atoms with Crippen LogP contribution in [0, 0.1) is 0 Å². The maximum absolute atomic E-state index is 13.0. The molecule has 0 aliphatic heterocycles. The van der Waals surface area contributed by atoms with Crippen molar-refractivity contribution in [1.29, 1.82) is 0 Å². The molecule has 1 aliphatic carbocycles. The Balaban J connectivity index is 2.73. The summed E-state index contributed by atoms with van der Waals surface area (Å²) in [6.45, 7) is 2.79. The van der Waals surface area contributed by atoms with Gasteiger partial charge in [-0.3, -0.25) is 28.0 Å². The van der Waals surface area contributed by atoms with Crippen LogP contribution >= 0.6 is 15.6 Å². The number of aliphatic hydroxyl groups is 4. The third-order valence-electron chi connectivity index (χ3n) is 10.1. The van der Waals surface area contributed by atoms with Crippen LogP contribution < -0.4 is 0 Å². The SMILES string of the molecule is CCCCC/C=C\C/C=C\C/C=C\C=C\C(=O)CCCC(=O)O[C@H](COC(=O)CCC/C=C\C/C=C\C/C=C\C/C=C\CCCCC)COP(=O)(O)O[C@H]1C(O)C(O)C(O)[C@@H](OP(=O)(O)O)C1O. The standard InChI is InChI=1S/C49H78O17P2/c1-3-5-7-9-11-13-15-17-18-19-20-22-24-26-28-30-32-36-42(51)62-38-41(39-63-68(60,61)66-49-46(55)44(53)45(54)48(47(49)56)65-67(57,58)59)64-43(52)37-33-35-40(50)34-31-29-27-25-23-21-16-14-12-10-8-6-4-2/h11-14,17-18,20-23,26-29,31,34,41,44-49,53-56H,3-10,15-16,19,24-25,30,32-33,35-39H2,1-2H3,(H,60,61)(H2,57,58,59)/b13-11-,14-12-,18-17-,22-20-,23-21-,28-26-,29-27-,34-31+/t41-,44?,45?,46?,47?,48-,49+/m1/s1. The van der Waals surface area contributed by atoms with Crippen LogP contribution in [-0.2, 0) is 46.6 Å². The van der Waals surface area contributed by atoms with Gasteiger partial charge in [-0.2, -0.15) is 0 Å². The van der Waals surface area contributed by atoms with E-state index in [0.717, 1.165) is 38.5 Å². The minimum atomic E-state index is -5.40. The number of esters is 2. The fourth-order valence-electron chi connectivity index (χ4n) is 6.38. The van der Waals surface area contributed by atoms with Crippen molar-refractivity contribution in [3.05, 3.63) is 97.2 Å². The molecule has 0 saturated heterocycles. The molecule has 1 rings (SSSR count). The first-order valence-corrected chi connectivity index (χ1v) is 26.8. The van der Waals surface area contributed by atoms with Crippen molar-refractivity contribution in [2.45, 2.75) is 179 Å². The highest BCUT2D eigenvalue weighted by Crippen LogP contribution is 2.49. The Bertz CT molecular complexity index is 1750. The zero-order chi connectivity index (χ0) is 50.5. The van der Waals surface area contributed by atoms with Crippen LogP contribution in [0.15, 0.2) is 97.2 Å². The lowest BCUT2D eigenvalue weighted by Crippen LogP contribution is -2.64. The molecule has 0 aromatic carbocycles. The van der Waals surface area contributed by atoms with Crippen LogP contribution in [0.5, 0.6) is 0 Å². The molecule has 5 unspecified atom stereocenters. The molecule has 0 bridgehead atoms. The molecular formula is C49H78O17P2. The van der Waals surface area contributed by atoms with Gasteiger partial charge in [-0.25, -0.2) is 9.13 Å². The molecule has 0 heterocycles. The number of unbranched alkanes of at least 4 members (excludes halogenated alkanes) is 7. The largest absolute Gasteiger partial charge is 0.472 e. The zero-order valence-electron chi connectivity index (χ0n) is 39.7. The second kappa shape index (κ2) is 38.4. The van der Waals surface area contributed by atoms with E-state index >= 15 is 0 Å². The number of phosphoric acid groups is 2. The summed E-state index contributed by atoms with van der Waals surface area (Å²) < 4.78 is 49.1. The molecule has 1 aliphatic rings. The van der Waals surface area contributed by atoms with Gasteiger partial charge in [0, 0.05) is 19.3 Å². The highest BCUT2D eigenvalue weighted by Gasteiger charge is 2.54. The number of hydrogen-bond donors (Lipinski definition) is 7. The molecule has 7 N–H and O–H groups in total. The normalized spacial score (nSPS) is 22.0. The van der Waals surface area contributed by atoms with Gasteiger partial charge in [-0.1, -0.05) is 131 Å². The Morgan fingerprint density at radius 2 is 0.985 bits per heavy atom. The van der Waals surface area contributed by atoms with Crippen LogP contribution in [0.4, 0.5) is 0 Å². The monoisotopic (exact) mass is 1000 g/mol. The lowest BCUT2D eigenvalue weighted by molar-refractivity contribution is -0.216. The van der Waals surface area contributed by atoms with Crippen LogP contribution in [0.1, 0.15) is 136 Å². The number of hydrogen-bond acceptors (Lipinski definition) is 14. The molecule has 1 saturated carbocycles.